The maximum Gasteiger partial charge on any atom is 0.303 e. The van der Waals surface area contributed by atoms with Crippen molar-refractivity contribution in [2.45, 2.75) is 25.6 Å². The van der Waals surface area contributed by atoms with E-state index in [2.05, 4.69) is 0 Å². The average Bonchev–Trinajstić information content (AvgIpc) is 2.73. The minimum Gasteiger partial charge on any atom is -0.497 e. The Bertz CT molecular complexity index is 819. The largest absolute Gasteiger partial charge is 0.497 e. The maximum absolute atomic E-state index is 11.8. The standard InChI is InChI=1S/C22H28O7/c1-14(23)29-21(11-15-7-9-17(24-2)13-19(15)26-4)22(28-6)16-8-10-18(25-3)20(12-16)27-5/h7-10,12-13,21-22H,11H2,1-6H3. The molecule has 0 aliphatic heterocycles. The third-order valence-electron chi connectivity index (χ3n) is 4.56. The van der Waals surface area contributed by atoms with E-state index < -0.39 is 18.2 Å². The van der Waals surface area contributed by atoms with Crippen LogP contribution in [0.15, 0.2) is 36.4 Å². The van der Waals surface area contributed by atoms with Gasteiger partial charge in [-0.05, 0) is 29.3 Å². The zero-order chi connectivity index (χ0) is 21.4. The van der Waals surface area contributed by atoms with Crippen molar-refractivity contribution in [1.29, 1.82) is 0 Å². The quantitative estimate of drug-likeness (QED) is 0.561. The van der Waals surface area contributed by atoms with Gasteiger partial charge in [0.25, 0.3) is 0 Å². The van der Waals surface area contributed by atoms with Crippen LogP contribution in [-0.4, -0.2) is 47.6 Å². The molecule has 0 amide bonds. The molecule has 2 unspecified atom stereocenters. The summed E-state index contributed by atoms with van der Waals surface area (Å²) in [7, 11) is 7.89. The summed E-state index contributed by atoms with van der Waals surface area (Å²) < 4.78 is 32.8. The van der Waals surface area contributed by atoms with E-state index in [-0.39, 0.29) is 0 Å². The van der Waals surface area contributed by atoms with Crippen LogP contribution in [-0.2, 0) is 20.7 Å². The van der Waals surface area contributed by atoms with E-state index >= 15 is 0 Å². The lowest BCUT2D eigenvalue weighted by Crippen LogP contribution is -2.28. The van der Waals surface area contributed by atoms with Crippen molar-refractivity contribution in [3.05, 3.63) is 47.5 Å². The fourth-order valence-electron chi connectivity index (χ4n) is 3.19. The highest BCUT2D eigenvalue weighted by Gasteiger charge is 2.28. The molecule has 0 saturated heterocycles. The van der Waals surface area contributed by atoms with Crippen molar-refractivity contribution < 1.29 is 33.2 Å². The molecule has 2 aromatic carbocycles. The van der Waals surface area contributed by atoms with Gasteiger partial charge in [0.2, 0.25) is 0 Å². The van der Waals surface area contributed by atoms with Gasteiger partial charge in [-0.25, -0.2) is 0 Å². The molecule has 2 aromatic rings. The van der Waals surface area contributed by atoms with Crippen LogP contribution in [0.2, 0.25) is 0 Å². The van der Waals surface area contributed by atoms with Gasteiger partial charge in [0.15, 0.2) is 11.5 Å². The smallest absolute Gasteiger partial charge is 0.303 e. The van der Waals surface area contributed by atoms with E-state index in [1.165, 1.54) is 6.92 Å². The summed E-state index contributed by atoms with van der Waals surface area (Å²) in [5.74, 6) is 2.09. The molecule has 0 spiro atoms. The van der Waals surface area contributed by atoms with Gasteiger partial charge in [0, 0.05) is 26.5 Å². The van der Waals surface area contributed by atoms with Crippen LogP contribution in [0.4, 0.5) is 0 Å². The Morgan fingerprint density at radius 2 is 1.52 bits per heavy atom. The molecular formula is C22H28O7. The minimum atomic E-state index is -0.585. The minimum absolute atomic E-state index is 0.388. The van der Waals surface area contributed by atoms with Gasteiger partial charge in [-0.1, -0.05) is 12.1 Å². The summed E-state index contributed by atoms with van der Waals surface area (Å²) in [5, 5.41) is 0. The topological polar surface area (TPSA) is 72.5 Å². The monoisotopic (exact) mass is 404 g/mol. The summed E-state index contributed by atoms with van der Waals surface area (Å²) in [5.41, 5.74) is 1.66. The molecule has 2 rings (SSSR count). The normalized spacial score (nSPS) is 12.6. The van der Waals surface area contributed by atoms with Crippen LogP contribution in [0.25, 0.3) is 0 Å². The fourth-order valence-corrected chi connectivity index (χ4v) is 3.19. The summed E-state index contributed by atoms with van der Waals surface area (Å²) >= 11 is 0. The number of benzene rings is 2. The third-order valence-corrected chi connectivity index (χ3v) is 4.56. The van der Waals surface area contributed by atoms with Crippen molar-refractivity contribution in [2.75, 3.05) is 35.5 Å². The molecule has 0 N–H and O–H groups in total. The van der Waals surface area contributed by atoms with Crippen LogP contribution >= 0.6 is 0 Å². The van der Waals surface area contributed by atoms with Gasteiger partial charge >= 0.3 is 5.97 Å². The lowest BCUT2D eigenvalue weighted by atomic mass is 9.97. The Labute approximate surface area is 171 Å². The van der Waals surface area contributed by atoms with E-state index in [9.17, 15) is 4.79 Å². The van der Waals surface area contributed by atoms with E-state index in [0.29, 0.717) is 29.4 Å². The Morgan fingerprint density at radius 3 is 2.07 bits per heavy atom. The molecule has 2 atom stereocenters. The summed E-state index contributed by atoms with van der Waals surface area (Å²) in [6.45, 7) is 1.37. The van der Waals surface area contributed by atoms with Crippen LogP contribution in [0, 0.1) is 0 Å². The van der Waals surface area contributed by atoms with Gasteiger partial charge < -0.3 is 28.4 Å². The summed E-state index contributed by atoms with van der Waals surface area (Å²) in [6, 6.07) is 11.0. The Kier molecular flexibility index (Phi) is 8.15. The van der Waals surface area contributed by atoms with Gasteiger partial charge in [-0.3, -0.25) is 4.79 Å². The third kappa shape index (κ3) is 5.54. The lowest BCUT2D eigenvalue weighted by Gasteiger charge is -2.27. The molecule has 0 aliphatic carbocycles. The molecule has 0 bridgehead atoms. The van der Waals surface area contributed by atoms with Crippen LogP contribution < -0.4 is 18.9 Å². The number of ether oxygens (including phenoxy) is 6. The van der Waals surface area contributed by atoms with Crippen molar-refractivity contribution in [3.63, 3.8) is 0 Å². The van der Waals surface area contributed by atoms with Crippen molar-refractivity contribution in [2.24, 2.45) is 0 Å². The predicted molar refractivity (Wildman–Crippen MR) is 108 cm³/mol. The number of hydrogen-bond donors (Lipinski definition) is 0. The first-order valence-electron chi connectivity index (χ1n) is 9.10. The number of carbonyl (C=O) groups excluding carboxylic acids is 1. The van der Waals surface area contributed by atoms with Crippen molar-refractivity contribution >= 4 is 5.97 Å². The van der Waals surface area contributed by atoms with Crippen molar-refractivity contribution in [1.82, 2.24) is 0 Å². The molecule has 29 heavy (non-hydrogen) atoms. The molecule has 0 heterocycles. The molecule has 0 radical (unpaired) electrons. The summed E-state index contributed by atoms with van der Waals surface area (Å²) in [6.07, 6.45) is -0.719. The molecule has 7 heteroatoms. The van der Waals surface area contributed by atoms with Gasteiger partial charge in [-0.2, -0.15) is 0 Å². The second-order valence-electron chi connectivity index (χ2n) is 6.30. The number of carbonyl (C=O) groups is 1. The molecule has 0 fully saturated rings. The van der Waals surface area contributed by atoms with E-state index in [1.54, 1.807) is 47.7 Å². The highest BCUT2D eigenvalue weighted by Crippen LogP contribution is 2.35. The average molecular weight is 404 g/mol. The van der Waals surface area contributed by atoms with Gasteiger partial charge in [-0.15, -0.1) is 0 Å². The first-order chi connectivity index (χ1) is 14.0. The summed E-state index contributed by atoms with van der Waals surface area (Å²) in [4.78, 5) is 11.8. The first kappa shape index (κ1) is 22.4. The molecule has 0 saturated carbocycles. The predicted octanol–water partition coefficient (Wildman–Crippen LogP) is 3.58. The van der Waals surface area contributed by atoms with Gasteiger partial charge in [0.05, 0.1) is 28.4 Å². The van der Waals surface area contributed by atoms with Crippen LogP contribution in [0.3, 0.4) is 0 Å². The van der Waals surface area contributed by atoms with Crippen LogP contribution in [0.1, 0.15) is 24.2 Å². The molecule has 158 valence electrons. The maximum atomic E-state index is 11.8. The molecule has 0 aromatic heterocycles. The number of methoxy groups -OCH3 is 5. The first-order valence-corrected chi connectivity index (χ1v) is 9.10. The van der Waals surface area contributed by atoms with Crippen LogP contribution in [0.5, 0.6) is 23.0 Å². The van der Waals surface area contributed by atoms with E-state index in [1.807, 2.05) is 24.3 Å². The zero-order valence-electron chi connectivity index (χ0n) is 17.7. The van der Waals surface area contributed by atoms with Crippen molar-refractivity contribution in [3.8, 4) is 23.0 Å². The van der Waals surface area contributed by atoms with E-state index in [4.69, 9.17) is 28.4 Å². The fraction of sp³-hybridized carbons (Fsp3) is 0.409. The highest BCUT2D eigenvalue weighted by atomic mass is 16.6. The highest BCUT2D eigenvalue weighted by molar-refractivity contribution is 5.66. The lowest BCUT2D eigenvalue weighted by molar-refractivity contribution is -0.154. The second kappa shape index (κ2) is 10.6. The Morgan fingerprint density at radius 1 is 0.828 bits per heavy atom. The molecule has 0 aliphatic rings. The Balaban J connectivity index is 2.41. The van der Waals surface area contributed by atoms with Gasteiger partial charge in [0.1, 0.15) is 23.7 Å². The SMILES string of the molecule is COc1ccc(CC(OC(C)=O)C(OC)c2ccc(OC)c(OC)c2)c(OC)c1. The number of rotatable bonds is 10. The molecular weight excluding hydrogens is 376 g/mol. The second-order valence-corrected chi connectivity index (χ2v) is 6.30. The molecule has 7 nitrogen and oxygen atoms in total. The number of esters is 1. The Hall–Kier alpha value is -2.93. The zero-order valence-corrected chi connectivity index (χ0v) is 17.7. The number of hydrogen-bond acceptors (Lipinski definition) is 7. The van der Waals surface area contributed by atoms with E-state index in [0.717, 1.165) is 11.1 Å².